The lowest BCUT2D eigenvalue weighted by molar-refractivity contribution is -0.153. The molecule has 1 aromatic carbocycles. The quantitative estimate of drug-likeness (QED) is 0.327. The zero-order valence-corrected chi connectivity index (χ0v) is 17.0. The monoisotopic (exact) mass is 418 g/mol. The van der Waals surface area contributed by atoms with Crippen LogP contribution in [0.4, 0.5) is 13.2 Å². The van der Waals surface area contributed by atoms with Crippen LogP contribution >= 0.6 is 0 Å². The van der Waals surface area contributed by atoms with Gasteiger partial charge in [-0.05, 0) is 31.0 Å². The molecule has 10 heteroatoms. The molecule has 1 aromatic rings. The zero-order chi connectivity index (χ0) is 21.7. The largest absolute Gasteiger partial charge is 0.484 e. The zero-order valence-electron chi connectivity index (χ0n) is 17.0. The molecule has 0 unspecified atom stereocenters. The van der Waals surface area contributed by atoms with Gasteiger partial charge in [-0.1, -0.05) is 12.1 Å². The highest BCUT2D eigenvalue weighted by atomic mass is 19.4. The van der Waals surface area contributed by atoms with Crippen molar-refractivity contribution in [2.45, 2.75) is 26.1 Å². The molecule has 0 atom stereocenters. The molecule has 164 valence electrons. The third-order valence-corrected chi connectivity index (χ3v) is 3.61. The van der Waals surface area contributed by atoms with Gasteiger partial charge in [0.05, 0.1) is 13.1 Å². The van der Waals surface area contributed by atoms with Crippen molar-refractivity contribution >= 4 is 11.9 Å². The fourth-order valence-electron chi connectivity index (χ4n) is 2.04. The van der Waals surface area contributed by atoms with Gasteiger partial charge in [-0.15, -0.1) is 0 Å². The van der Waals surface area contributed by atoms with Gasteiger partial charge in [0.1, 0.15) is 5.75 Å². The SMILES string of the molecule is CCOCCCNC(=NCc1ccc(OCC(F)(F)F)cc1)NCC(=O)N(C)C. The predicted octanol–water partition coefficient (Wildman–Crippen LogP) is 2.18. The first-order chi connectivity index (χ1) is 13.7. The van der Waals surface area contributed by atoms with Crippen molar-refractivity contribution < 1.29 is 27.4 Å². The number of alkyl halides is 3. The highest BCUT2D eigenvalue weighted by Crippen LogP contribution is 2.19. The van der Waals surface area contributed by atoms with Gasteiger partial charge in [0.2, 0.25) is 5.91 Å². The molecular weight excluding hydrogens is 389 g/mol. The van der Waals surface area contributed by atoms with Crippen LogP contribution in [0.5, 0.6) is 5.75 Å². The number of ether oxygens (including phenoxy) is 2. The van der Waals surface area contributed by atoms with E-state index >= 15 is 0 Å². The molecule has 0 bridgehead atoms. The molecule has 1 rings (SSSR count). The second kappa shape index (κ2) is 12.9. The molecule has 0 radical (unpaired) electrons. The molecule has 0 saturated carbocycles. The summed E-state index contributed by atoms with van der Waals surface area (Å²) in [5.74, 6) is 0.508. The van der Waals surface area contributed by atoms with Gasteiger partial charge in [0.15, 0.2) is 12.6 Å². The van der Waals surface area contributed by atoms with Crippen molar-refractivity contribution in [1.82, 2.24) is 15.5 Å². The lowest BCUT2D eigenvalue weighted by Gasteiger charge is -2.15. The third kappa shape index (κ3) is 11.8. The van der Waals surface area contributed by atoms with E-state index in [1.165, 1.54) is 17.0 Å². The molecule has 0 aliphatic carbocycles. The number of carbonyl (C=O) groups is 1. The van der Waals surface area contributed by atoms with Crippen LogP contribution in [0.2, 0.25) is 0 Å². The molecule has 0 aromatic heterocycles. The summed E-state index contributed by atoms with van der Waals surface area (Å²) in [6.07, 6.45) is -3.59. The lowest BCUT2D eigenvalue weighted by Crippen LogP contribution is -2.43. The molecule has 0 saturated heterocycles. The number of guanidine groups is 1. The van der Waals surface area contributed by atoms with E-state index in [0.717, 1.165) is 12.0 Å². The summed E-state index contributed by atoms with van der Waals surface area (Å²) in [6.45, 7) is 2.86. The number of hydrogen-bond acceptors (Lipinski definition) is 4. The van der Waals surface area contributed by atoms with Crippen molar-refractivity contribution in [2.75, 3.05) is 47.0 Å². The number of amides is 1. The number of benzene rings is 1. The van der Waals surface area contributed by atoms with Crippen LogP contribution in [-0.4, -0.2) is 69.9 Å². The van der Waals surface area contributed by atoms with Crippen LogP contribution in [0, 0.1) is 0 Å². The minimum absolute atomic E-state index is 0.0918. The smallest absolute Gasteiger partial charge is 0.422 e. The average Bonchev–Trinajstić information content (AvgIpc) is 2.67. The molecule has 0 aliphatic heterocycles. The Morgan fingerprint density at radius 1 is 1.17 bits per heavy atom. The van der Waals surface area contributed by atoms with E-state index in [1.54, 1.807) is 26.2 Å². The maximum atomic E-state index is 12.2. The van der Waals surface area contributed by atoms with Gasteiger partial charge < -0.3 is 25.0 Å². The molecule has 1 amide bonds. The number of carbonyl (C=O) groups excluding carboxylic acids is 1. The van der Waals surface area contributed by atoms with Gasteiger partial charge in [-0.2, -0.15) is 13.2 Å². The summed E-state index contributed by atoms with van der Waals surface area (Å²) in [4.78, 5) is 17.7. The number of nitrogens with zero attached hydrogens (tertiary/aromatic N) is 2. The van der Waals surface area contributed by atoms with Crippen LogP contribution in [0.15, 0.2) is 29.3 Å². The normalized spacial score (nSPS) is 11.9. The molecule has 0 spiro atoms. The van der Waals surface area contributed by atoms with E-state index in [0.29, 0.717) is 25.7 Å². The van der Waals surface area contributed by atoms with Crippen LogP contribution in [-0.2, 0) is 16.1 Å². The van der Waals surface area contributed by atoms with Crippen LogP contribution < -0.4 is 15.4 Å². The van der Waals surface area contributed by atoms with Gasteiger partial charge >= 0.3 is 6.18 Å². The van der Waals surface area contributed by atoms with Gasteiger partial charge in [-0.25, -0.2) is 4.99 Å². The minimum atomic E-state index is -4.37. The molecule has 0 fully saturated rings. The maximum absolute atomic E-state index is 12.2. The molecule has 29 heavy (non-hydrogen) atoms. The van der Waals surface area contributed by atoms with E-state index in [1.807, 2.05) is 6.92 Å². The van der Waals surface area contributed by atoms with Crippen LogP contribution in [0.1, 0.15) is 18.9 Å². The summed E-state index contributed by atoms with van der Waals surface area (Å²) in [5, 5.41) is 6.10. The van der Waals surface area contributed by atoms with Crippen molar-refractivity contribution in [3.8, 4) is 5.75 Å². The summed E-state index contributed by atoms with van der Waals surface area (Å²) in [5.41, 5.74) is 0.790. The van der Waals surface area contributed by atoms with E-state index in [2.05, 4.69) is 20.4 Å². The second-order valence-corrected chi connectivity index (χ2v) is 6.33. The molecule has 2 N–H and O–H groups in total. The Morgan fingerprint density at radius 2 is 1.86 bits per heavy atom. The number of nitrogens with one attached hydrogen (secondary N) is 2. The van der Waals surface area contributed by atoms with E-state index in [4.69, 9.17) is 4.74 Å². The summed E-state index contributed by atoms with van der Waals surface area (Å²) in [6, 6.07) is 6.23. The Hall–Kier alpha value is -2.49. The first kappa shape index (κ1) is 24.5. The first-order valence-corrected chi connectivity index (χ1v) is 9.30. The number of hydrogen-bond donors (Lipinski definition) is 2. The minimum Gasteiger partial charge on any atom is -0.484 e. The van der Waals surface area contributed by atoms with Crippen molar-refractivity contribution in [3.05, 3.63) is 29.8 Å². The van der Waals surface area contributed by atoms with Crippen molar-refractivity contribution in [3.63, 3.8) is 0 Å². The van der Waals surface area contributed by atoms with Crippen LogP contribution in [0.3, 0.4) is 0 Å². The van der Waals surface area contributed by atoms with E-state index < -0.39 is 12.8 Å². The lowest BCUT2D eigenvalue weighted by atomic mass is 10.2. The fraction of sp³-hybridized carbons (Fsp3) is 0.579. The Balaban J connectivity index is 2.62. The molecule has 0 heterocycles. The topological polar surface area (TPSA) is 75.2 Å². The Bertz CT molecular complexity index is 635. The van der Waals surface area contributed by atoms with Crippen molar-refractivity contribution in [2.24, 2.45) is 4.99 Å². The number of halogens is 3. The van der Waals surface area contributed by atoms with E-state index in [-0.39, 0.29) is 24.7 Å². The summed E-state index contributed by atoms with van der Waals surface area (Å²) >= 11 is 0. The Labute approximate surface area is 169 Å². The van der Waals surface area contributed by atoms with Gasteiger partial charge in [0, 0.05) is 33.9 Å². The van der Waals surface area contributed by atoms with Crippen molar-refractivity contribution in [1.29, 1.82) is 0 Å². The predicted molar refractivity (Wildman–Crippen MR) is 105 cm³/mol. The third-order valence-electron chi connectivity index (χ3n) is 3.61. The summed E-state index contributed by atoms with van der Waals surface area (Å²) < 4.78 is 46.5. The average molecular weight is 418 g/mol. The van der Waals surface area contributed by atoms with Gasteiger partial charge in [0.25, 0.3) is 0 Å². The maximum Gasteiger partial charge on any atom is 0.422 e. The standard InChI is InChI=1S/C19H29F3N4O3/c1-4-28-11-5-10-23-18(25-13-17(27)26(2)3)24-12-15-6-8-16(9-7-15)29-14-19(20,21)22/h6-9H,4-5,10-14H2,1-3H3,(H2,23,24,25). The second-order valence-electron chi connectivity index (χ2n) is 6.33. The number of rotatable bonds is 11. The molecule has 7 nitrogen and oxygen atoms in total. The molecule has 0 aliphatic rings. The molecular formula is C19H29F3N4O3. The number of likely N-dealkylation sites (N-methyl/N-ethyl adjacent to an activating group) is 1. The van der Waals surface area contributed by atoms with Gasteiger partial charge in [-0.3, -0.25) is 4.79 Å². The highest BCUT2D eigenvalue weighted by Gasteiger charge is 2.28. The van der Waals surface area contributed by atoms with E-state index in [9.17, 15) is 18.0 Å². The van der Waals surface area contributed by atoms with Crippen LogP contribution in [0.25, 0.3) is 0 Å². The highest BCUT2D eigenvalue weighted by molar-refractivity contribution is 5.86. The Morgan fingerprint density at radius 3 is 2.45 bits per heavy atom. The number of aliphatic imine (C=N–C) groups is 1. The first-order valence-electron chi connectivity index (χ1n) is 9.30. The fourth-order valence-corrected chi connectivity index (χ4v) is 2.04. The summed E-state index contributed by atoms with van der Waals surface area (Å²) in [7, 11) is 3.33. The Kier molecular flexibility index (Phi) is 10.9.